The molecule has 5 heteroatoms. The van der Waals surface area contributed by atoms with E-state index in [0.29, 0.717) is 29.7 Å². The minimum atomic E-state index is -0.814. The molecule has 0 unspecified atom stereocenters. The van der Waals surface area contributed by atoms with Gasteiger partial charge in [-0.25, -0.2) is 0 Å². The number of nitrogens with zero attached hydrogens (tertiary/aromatic N) is 1. The van der Waals surface area contributed by atoms with Crippen LogP contribution in [0.15, 0.2) is 42.7 Å². The molecule has 1 aromatic carbocycles. The van der Waals surface area contributed by atoms with Gasteiger partial charge in [-0.15, -0.1) is 0 Å². The van der Waals surface area contributed by atoms with Crippen LogP contribution in [0, 0.1) is 0 Å². The molecule has 0 radical (unpaired) electrons. The molecule has 3 nitrogen and oxygen atoms in total. The van der Waals surface area contributed by atoms with Crippen molar-refractivity contribution in [2.75, 3.05) is 13.2 Å². The van der Waals surface area contributed by atoms with Gasteiger partial charge in [0.1, 0.15) is 0 Å². The van der Waals surface area contributed by atoms with E-state index in [4.69, 9.17) is 32.7 Å². The molecule has 2 heterocycles. The third-order valence-corrected chi connectivity index (χ3v) is 3.88. The molecule has 0 atom stereocenters. The number of benzene rings is 1. The average Bonchev–Trinajstić information content (AvgIpc) is 2.93. The minimum absolute atomic E-state index is 0.523. The molecule has 0 saturated carbocycles. The molecule has 0 aliphatic carbocycles. The lowest BCUT2D eigenvalue weighted by atomic mass is 9.99. The largest absolute Gasteiger partial charge is 0.343 e. The lowest BCUT2D eigenvalue weighted by Crippen LogP contribution is -2.30. The summed E-state index contributed by atoms with van der Waals surface area (Å²) in [4.78, 5) is 4.14. The van der Waals surface area contributed by atoms with Crippen LogP contribution >= 0.6 is 23.2 Å². The Kier molecular flexibility index (Phi) is 3.94. The van der Waals surface area contributed by atoms with Crippen LogP contribution in [-0.2, 0) is 21.7 Å². The maximum absolute atomic E-state index is 6.25. The van der Waals surface area contributed by atoms with Crippen molar-refractivity contribution in [3.63, 3.8) is 0 Å². The highest BCUT2D eigenvalue weighted by atomic mass is 35.5. The number of rotatable bonds is 3. The van der Waals surface area contributed by atoms with E-state index in [0.717, 1.165) is 11.1 Å². The zero-order valence-corrected chi connectivity index (χ0v) is 12.2. The number of pyridine rings is 1. The molecular weight excluding hydrogens is 297 g/mol. The Morgan fingerprint density at radius 3 is 2.60 bits per heavy atom. The van der Waals surface area contributed by atoms with Gasteiger partial charge in [-0.1, -0.05) is 35.3 Å². The molecule has 20 heavy (non-hydrogen) atoms. The van der Waals surface area contributed by atoms with Crippen LogP contribution in [0.25, 0.3) is 0 Å². The first-order valence-electron chi connectivity index (χ1n) is 6.32. The zero-order chi connectivity index (χ0) is 14.0. The molecule has 2 aromatic rings. The second kappa shape index (κ2) is 5.70. The van der Waals surface area contributed by atoms with Crippen LogP contribution in [-0.4, -0.2) is 18.2 Å². The fourth-order valence-corrected chi connectivity index (χ4v) is 2.80. The van der Waals surface area contributed by atoms with Gasteiger partial charge in [0.15, 0.2) is 0 Å². The molecule has 104 valence electrons. The van der Waals surface area contributed by atoms with E-state index in [-0.39, 0.29) is 0 Å². The predicted octanol–water partition coefficient (Wildman–Crippen LogP) is 3.83. The first-order valence-corrected chi connectivity index (χ1v) is 7.08. The molecule has 0 spiro atoms. The number of hydrogen-bond donors (Lipinski definition) is 0. The Hall–Kier alpha value is -1.13. The van der Waals surface area contributed by atoms with Crippen molar-refractivity contribution in [2.45, 2.75) is 12.2 Å². The smallest absolute Gasteiger partial charge is 0.200 e. The highest BCUT2D eigenvalue weighted by Gasteiger charge is 2.39. The normalized spacial score (nSPS) is 17.3. The standard InChI is InChI=1S/C15H13Cl2NO2/c16-13-4-3-11(14(17)8-13)9-15(19-6-7-20-15)12-2-1-5-18-10-12/h1-5,8,10H,6-7,9H2. The predicted molar refractivity (Wildman–Crippen MR) is 78.0 cm³/mol. The summed E-state index contributed by atoms with van der Waals surface area (Å²) in [6.45, 7) is 1.11. The number of halogens is 2. The second-order valence-corrected chi connectivity index (χ2v) is 5.45. The molecule has 3 rings (SSSR count). The Labute approximate surface area is 127 Å². The summed E-state index contributed by atoms with van der Waals surface area (Å²) >= 11 is 12.2. The molecule has 0 bridgehead atoms. The van der Waals surface area contributed by atoms with Crippen LogP contribution in [0.1, 0.15) is 11.1 Å². The van der Waals surface area contributed by atoms with Gasteiger partial charge in [0.2, 0.25) is 5.79 Å². The van der Waals surface area contributed by atoms with Crippen molar-refractivity contribution in [2.24, 2.45) is 0 Å². The summed E-state index contributed by atoms with van der Waals surface area (Å²) < 4.78 is 11.7. The SMILES string of the molecule is Clc1ccc(CC2(c3cccnc3)OCCO2)c(Cl)c1. The first-order chi connectivity index (χ1) is 9.70. The quantitative estimate of drug-likeness (QED) is 0.863. The lowest BCUT2D eigenvalue weighted by molar-refractivity contribution is -0.164. The van der Waals surface area contributed by atoms with Gasteiger partial charge in [0, 0.05) is 34.4 Å². The van der Waals surface area contributed by atoms with E-state index in [1.54, 1.807) is 18.5 Å². The fraction of sp³-hybridized carbons (Fsp3) is 0.267. The van der Waals surface area contributed by atoms with Crippen molar-refractivity contribution >= 4 is 23.2 Å². The zero-order valence-electron chi connectivity index (χ0n) is 10.7. The summed E-state index contributed by atoms with van der Waals surface area (Å²) in [5, 5.41) is 1.22. The van der Waals surface area contributed by atoms with E-state index >= 15 is 0 Å². The first kappa shape index (κ1) is 13.8. The average molecular weight is 310 g/mol. The van der Waals surface area contributed by atoms with Crippen molar-refractivity contribution in [1.29, 1.82) is 0 Å². The molecule has 1 fully saturated rings. The van der Waals surface area contributed by atoms with E-state index in [2.05, 4.69) is 4.98 Å². The second-order valence-electron chi connectivity index (χ2n) is 4.60. The fourth-order valence-electron chi connectivity index (χ4n) is 2.33. The van der Waals surface area contributed by atoms with Gasteiger partial charge < -0.3 is 9.47 Å². The van der Waals surface area contributed by atoms with Crippen LogP contribution in [0.2, 0.25) is 10.0 Å². The monoisotopic (exact) mass is 309 g/mol. The third-order valence-electron chi connectivity index (χ3n) is 3.29. The van der Waals surface area contributed by atoms with Crippen molar-refractivity contribution < 1.29 is 9.47 Å². The molecule has 0 amide bonds. The van der Waals surface area contributed by atoms with Crippen LogP contribution in [0.4, 0.5) is 0 Å². The summed E-state index contributed by atoms with van der Waals surface area (Å²) in [6, 6.07) is 9.25. The molecule has 1 aromatic heterocycles. The van der Waals surface area contributed by atoms with Gasteiger partial charge in [-0.3, -0.25) is 4.98 Å². The van der Waals surface area contributed by atoms with Crippen LogP contribution in [0.3, 0.4) is 0 Å². The van der Waals surface area contributed by atoms with Crippen molar-refractivity contribution in [1.82, 2.24) is 4.98 Å². The Morgan fingerprint density at radius 1 is 1.15 bits per heavy atom. The molecular formula is C15H13Cl2NO2. The van der Waals surface area contributed by atoms with Crippen molar-refractivity contribution in [3.05, 3.63) is 63.9 Å². The summed E-state index contributed by atoms with van der Waals surface area (Å²) in [5.41, 5.74) is 1.82. The molecule has 1 aliphatic heterocycles. The molecule has 1 saturated heterocycles. The maximum Gasteiger partial charge on any atom is 0.200 e. The van der Waals surface area contributed by atoms with Crippen LogP contribution < -0.4 is 0 Å². The minimum Gasteiger partial charge on any atom is -0.343 e. The molecule has 0 N–H and O–H groups in total. The van der Waals surface area contributed by atoms with Gasteiger partial charge in [-0.2, -0.15) is 0 Å². The summed E-state index contributed by atoms with van der Waals surface area (Å²) in [7, 11) is 0. The molecule has 1 aliphatic rings. The van der Waals surface area contributed by atoms with Crippen LogP contribution in [0.5, 0.6) is 0 Å². The van der Waals surface area contributed by atoms with Gasteiger partial charge in [0.05, 0.1) is 13.2 Å². The number of ether oxygens (including phenoxy) is 2. The lowest BCUT2D eigenvalue weighted by Gasteiger charge is -2.28. The summed E-state index contributed by atoms with van der Waals surface area (Å²) in [5.74, 6) is -0.814. The Bertz CT molecular complexity index is 598. The van der Waals surface area contributed by atoms with E-state index in [1.165, 1.54) is 0 Å². The van der Waals surface area contributed by atoms with Gasteiger partial charge in [-0.05, 0) is 23.8 Å². The van der Waals surface area contributed by atoms with E-state index < -0.39 is 5.79 Å². The third kappa shape index (κ3) is 2.67. The highest BCUT2D eigenvalue weighted by molar-refractivity contribution is 6.35. The topological polar surface area (TPSA) is 31.4 Å². The number of hydrogen-bond acceptors (Lipinski definition) is 3. The number of aromatic nitrogens is 1. The van der Waals surface area contributed by atoms with Gasteiger partial charge >= 0.3 is 0 Å². The highest BCUT2D eigenvalue weighted by Crippen LogP contribution is 2.36. The Morgan fingerprint density at radius 2 is 1.95 bits per heavy atom. The maximum atomic E-state index is 6.25. The van der Waals surface area contributed by atoms with Gasteiger partial charge in [0.25, 0.3) is 0 Å². The Balaban J connectivity index is 1.96. The van der Waals surface area contributed by atoms with E-state index in [1.807, 2.05) is 24.3 Å². The van der Waals surface area contributed by atoms with E-state index in [9.17, 15) is 0 Å². The summed E-state index contributed by atoms with van der Waals surface area (Å²) in [6.07, 6.45) is 4.01. The van der Waals surface area contributed by atoms with Crippen molar-refractivity contribution in [3.8, 4) is 0 Å².